The zero-order valence-electron chi connectivity index (χ0n) is 11.1. The van der Waals surface area contributed by atoms with Crippen LogP contribution in [0.25, 0.3) is 0 Å². The summed E-state index contributed by atoms with van der Waals surface area (Å²) in [6.45, 7) is 3.28. The predicted molar refractivity (Wildman–Crippen MR) is 81.6 cm³/mol. The summed E-state index contributed by atoms with van der Waals surface area (Å²) in [5.41, 5.74) is 0.989. The molecule has 1 atom stereocenters. The van der Waals surface area contributed by atoms with Crippen LogP contribution in [-0.4, -0.2) is 37.3 Å². The van der Waals surface area contributed by atoms with Crippen LogP contribution in [0.4, 0.5) is 13.2 Å². The standard InChI is InChI=1S/C14H18F3IN2/c15-14(16,17)5-4-13(20-8-6-19-7-9-20)11-2-1-3-12(18)10-11/h1-3,10,13,19H,4-9H2/t13-/m0/s1. The van der Waals surface area contributed by atoms with Gasteiger partial charge in [-0.1, -0.05) is 12.1 Å². The molecule has 6 heteroatoms. The van der Waals surface area contributed by atoms with Crippen molar-refractivity contribution in [2.24, 2.45) is 0 Å². The molecule has 20 heavy (non-hydrogen) atoms. The van der Waals surface area contributed by atoms with E-state index in [0.717, 1.165) is 35.3 Å². The Bertz CT molecular complexity index is 431. The molecule has 0 unspecified atom stereocenters. The highest BCUT2D eigenvalue weighted by Gasteiger charge is 2.31. The molecule has 2 rings (SSSR count). The Hall–Kier alpha value is -0.340. The number of benzene rings is 1. The maximum Gasteiger partial charge on any atom is 0.389 e. The van der Waals surface area contributed by atoms with Crippen molar-refractivity contribution in [2.75, 3.05) is 26.2 Å². The van der Waals surface area contributed by atoms with Crippen LogP contribution >= 0.6 is 22.6 Å². The second-order valence-electron chi connectivity index (χ2n) is 5.01. The molecule has 112 valence electrons. The SMILES string of the molecule is FC(F)(F)CC[C@@H](c1cccc(I)c1)N1CCNCC1. The molecule has 0 aromatic heterocycles. The van der Waals surface area contributed by atoms with Crippen molar-refractivity contribution >= 4 is 22.6 Å². The highest BCUT2D eigenvalue weighted by atomic mass is 127. The lowest BCUT2D eigenvalue weighted by atomic mass is 9.99. The Labute approximate surface area is 130 Å². The molecule has 1 N–H and O–H groups in total. The van der Waals surface area contributed by atoms with Crippen molar-refractivity contribution in [1.82, 2.24) is 10.2 Å². The zero-order valence-corrected chi connectivity index (χ0v) is 13.2. The fraction of sp³-hybridized carbons (Fsp3) is 0.571. The Kier molecular flexibility index (Phi) is 5.68. The maximum absolute atomic E-state index is 12.5. The molecule has 0 radical (unpaired) electrons. The van der Waals surface area contributed by atoms with Crippen LogP contribution in [0.5, 0.6) is 0 Å². The fourth-order valence-corrected chi connectivity index (χ4v) is 3.14. The summed E-state index contributed by atoms with van der Waals surface area (Å²) >= 11 is 2.20. The van der Waals surface area contributed by atoms with Gasteiger partial charge in [0.05, 0.1) is 0 Å². The van der Waals surface area contributed by atoms with E-state index in [0.29, 0.717) is 0 Å². The maximum atomic E-state index is 12.5. The third-order valence-electron chi connectivity index (χ3n) is 3.53. The van der Waals surface area contributed by atoms with E-state index in [9.17, 15) is 13.2 Å². The van der Waals surface area contributed by atoms with Crippen molar-refractivity contribution < 1.29 is 13.2 Å². The van der Waals surface area contributed by atoms with Crippen LogP contribution < -0.4 is 5.32 Å². The summed E-state index contributed by atoms with van der Waals surface area (Å²) in [6.07, 6.45) is -4.69. The van der Waals surface area contributed by atoms with Crippen molar-refractivity contribution in [2.45, 2.75) is 25.1 Å². The van der Waals surface area contributed by atoms with Gasteiger partial charge in [-0.2, -0.15) is 13.2 Å². The Morgan fingerprint density at radius 1 is 1.25 bits per heavy atom. The van der Waals surface area contributed by atoms with Gasteiger partial charge < -0.3 is 5.32 Å². The van der Waals surface area contributed by atoms with Gasteiger partial charge in [-0.25, -0.2) is 0 Å². The summed E-state index contributed by atoms with van der Waals surface area (Å²) in [6, 6.07) is 7.66. The van der Waals surface area contributed by atoms with Crippen LogP contribution in [0.2, 0.25) is 0 Å². The highest BCUT2D eigenvalue weighted by Crippen LogP contribution is 2.32. The first-order valence-corrected chi connectivity index (χ1v) is 7.80. The smallest absolute Gasteiger partial charge is 0.314 e. The van der Waals surface area contributed by atoms with Crippen molar-refractivity contribution in [3.05, 3.63) is 33.4 Å². The topological polar surface area (TPSA) is 15.3 Å². The minimum absolute atomic E-state index is 0.129. The molecule has 2 nitrogen and oxygen atoms in total. The van der Waals surface area contributed by atoms with Crippen molar-refractivity contribution in [3.63, 3.8) is 0 Å². The van der Waals surface area contributed by atoms with Gasteiger partial charge in [0, 0.05) is 42.2 Å². The number of piperazine rings is 1. The van der Waals surface area contributed by atoms with Crippen LogP contribution in [0.3, 0.4) is 0 Å². The van der Waals surface area contributed by atoms with E-state index >= 15 is 0 Å². The predicted octanol–water partition coefficient (Wildman–Crippen LogP) is 3.58. The molecular weight excluding hydrogens is 380 g/mol. The third kappa shape index (κ3) is 4.89. The van der Waals surface area contributed by atoms with Gasteiger partial charge in [0.1, 0.15) is 0 Å². The molecule has 1 fully saturated rings. The van der Waals surface area contributed by atoms with Gasteiger partial charge in [0.25, 0.3) is 0 Å². The van der Waals surface area contributed by atoms with Crippen LogP contribution in [-0.2, 0) is 0 Å². The first-order valence-electron chi connectivity index (χ1n) is 6.73. The number of nitrogens with one attached hydrogen (secondary N) is 1. The molecule has 0 amide bonds. The quantitative estimate of drug-likeness (QED) is 0.781. The molecule has 0 spiro atoms. The molecule has 1 saturated heterocycles. The Morgan fingerprint density at radius 2 is 1.95 bits per heavy atom. The summed E-state index contributed by atoms with van der Waals surface area (Å²) in [4.78, 5) is 2.16. The normalized spacial score (nSPS) is 19.0. The summed E-state index contributed by atoms with van der Waals surface area (Å²) in [5, 5.41) is 3.24. The van der Waals surface area contributed by atoms with Crippen molar-refractivity contribution in [3.8, 4) is 0 Å². The minimum atomic E-state index is -4.09. The average molecular weight is 398 g/mol. The number of halogens is 4. The van der Waals surface area contributed by atoms with Crippen LogP contribution in [0, 0.1) is 3.57 Å². The number of hydrogen-bond donors (Lipinski definition) is 1. The molecule has 1 heterocycles. The first-order chi connectivity index (χ1) is 9.46. The van der Waals surface area contributed by atoms with E-state index in [-0.39, 0.29) is 12.5 Å². The largest absolute Gasteiger partial charge is 0.389 e. The zero-order chi connectivity index (χ0) is 14.6. The molecular formula is C14H18F3IN2. The van der Waals surface area contributed by atoms with Crippen LogP contribution in [0.1, 0.15) is 24.4 Å². The lowest BCUT2D eigenvalue weighted by molar-refractivity contribution is -0.138. The Balaban J connectivity index is 2.14. The van der Waals surface area contributed by atoms with E-state index in [1.165, 1.54) is 0 Å². The molecule has 1 aromatic carbocycles. The molecule has 1 aliphatic heterocycles. The van der Waals surface area contributed by atoms with E-state index in [1.54, 1.807) is 0 Å². The van der Waals surface area contributed by atoms with Crippen LogP contribution in [0.15, 0.2) is 24.3 Å². The van der Waals surface area contributed by atoms with E-state index in [1.807, 2.05) is 24.3 Å². The van der Waals surface area contributed by atoms with E-state index in [2.05, 4.69) is 32.8 Å². The minimum Gasteiger partial charge on any atom is -0.314 e. The van der Waals surface area contributed by atoms with E-state index in [4.69, 9.17) is 0 Å². The van der Waals surface area contributed by atoms with Gasteiger partial charge in [0.2, 0.25) is 0 Å². The molecule has 0 saturated carbocycles. The lowest BCUT2D eigenvalue weighted by Crippen LogP contribution is -2.45. The van der Waals surface area contributed by atoms with Gasteiger partial charge in [-0.3, -0.25) is 4.90 Å². The average Bonchev–Trinajstić information content (AvgIpc) is 2.39. The van der Waals surface area contributed by atoms with Gasteiger partial charge >= 0.3 is 6.18 Å². The third-order valence-corrected chi connectivity index (χ3v) is 4.20. The Morgan fingerprint density at radius 3 is 2.55 bits per heavy atom. The molecule has 1 aliphatic rings. The number of hydrogen-bond acceptors (Lipinski definition) is 2. The number of rotatable bonds is 4. The summed E-state index contributed by atoms with van der Waals surface area (Å²) in [7, 11) is 0. The second-order valence-corrected chi connectivity index (χ2v) is 6.26. The van der Waals surface area contributed by atoms with Gasteiger partial charge in [-0.05, 0) is 46.7 Å². The molecule has 0 aliphatic carbocycles. The number of nitrogens with zero attached hydrogens (tertiary/aromatic N) is 1. The molecule has 1 aromatic rings. The van der Waals surface area contributed by atoms with Crippen molar-refractivity contribution in [1.29, 1.82) is 0 Å². The highest BCUT2D eigenvalue weighted by molar-refractivity contribution is 14.1. The first kappa shape index (κ1) is 16.0. The number of alkyl halides is 3. The fourth-order valence-electron chi connectivity index (χ4n) is 2.57. The molecule has 0 bridgehead atoms. The van der Waals surface area contributed by atoms with Gasteiger partial charge in [-0.15, -0.1) is 0 Å². The summed E-state index contributed by atoms with van der Waals surface area (Å²) < 4.78 is 38.7. The van der Waals surface area contributed by atoms with E-state index < -0.39 is 12.6 Å². The lowest BCUT2D eigenvalue weighted by Gasteiger charge is -2.35. The monoisotopic (exact) mass is 398 g/mol. The van der Waals surface area contributed by atoms with Gasteiger partial charge in [0.15, 0.2) is 0 Å². The second kappa shape index (κ2) is 7.09. The summed E-state index contributed by atoms with van der Waals surface area (Å²) in [5.74, 6) is 0.